The number of fused-ring (bicyclic) bond motifs is 5. The van der Waals surface area contributed by atoms with Gasteiger partial charge < -0.3 is 4.42 Å². The summed E-state index contributed by atoms with van der Waals surface area (Å²) in [6, 6.07) is 30.1. The van der Waals surface area contributed by atoms with E-state index in [-0.39, 0.29) is 93.5 Å². The van der Waals surface area contributed by atoms with Gasteiger partial charge in [-0.1, -0.05) is 145 Å². The zero-order valence-corrected chi connectivity index (χ0v) is 23.8. The van der Waals surface area contributed by atoms with Gasteiger partial charge in [0, 0.05) is 10.8 Å². The minimum absolute atomic E-state index is 0.0578. The summed E-state index contributed by atoms with van der Waals surface area (Å²) in [6.07, 6.45) is 0. The molecule has 0 saturated carbocycles. The van der Waals surface area contributed by atoms with E-state index in [4.69, 9.17) is 11.3 Å². The smallest absolute Gasteiger partial charge is 0.136 e. The van der Waals surface area contributed by atoms with Gasteiger partial charge >= 0.3 is 0 Å². The largest absolute Gasteiger partial charge is 0.456 e. The summed E-state index contributed by atoms with van der Waals surface area (Å²) >= 11 is 0. The van der Waals surface area contributed by atoms with Gasteiger partial charge in [-0.15, -0.1) is 0 Å². The summed E-state index contributed by atoms with van der Waals surface area (Å²) in [5.41, 5.74) is 2.98. The number of benzene rings is 8. The SMILES string of the molecule is [2H]c1c([2H])c([2H])c(-c2c3ccccc3c(-c3c([2H])c([2H])c4c(oc5c([2H])c([2H])c(-c6ccccc6)c([2H])c54)c3[2H])c3ccccc23)c(-c2ccccc2)c1[2H]. The first-order chi connectivity index (χ1) is 26.5. The Kier molecular flexibility index (Phi) is 4.01. The van der Waals surface area contributed by atoms with E-state index in [9.17, 15) is 6.85 Å². The van der Waals surface area contributed by atoms with Crippen molar-refractivity contribution in [3.63, 3.8) is 0 Å². The number of furan rings is 1. The first kappa shape index (κ1) is 17.4. The van der Waals surface area contributed by atoms with Gasteiger partial charge in [0.25, 0.3) is 0 Å². The normalized spacial score (nSPS) is 14.7. The zero-order chi connectivity index (χ0) is 38.4. The predicted molar refractivity (Wildman–Crippen MR) is 190 cm³/mol. The molecule has 1 nitrogen and oxygen atoms in total. The fourth-order valence-electron chi connectivity index (χ4n) is 6.25. The summed E-state index contributed by atoms with van der Waals surface area (Å²) < 4.78 is 97.2. The van der Waals surface area contributed by atoms with E-state index in [2.05, 4.69) is 0 Å². The quantitative estimate of drug-likeness (QED) is 0.188. The monoisotopic (exact) mass is 582 g/mol. The molecule has 0 unspecified atom stereocenters. The first-order valence-electron chi connectivity index (χ1n) is 19.6. The number of rotatable bonds is 4. The van der Waals surface area contributed by atoms with Crippen LogP contribution in [0.2, 0.25) is 0 Å². The molecule has 0 N–H and O–H groups in total. The molecule has 9 aromatic rings. The third-order valence-corrected chi connectivity index (χ3v) is 8.25. The minimum Gasteiger partial charge on any atom is -0.456 e. The summed E-state index contributed by atoms with van der Waals surface area (Å²) in [6.45, 7) is 0. The maximum absolute atomic E-state index is 9.62. The topological polar surface area (TPSA) is 13.1 Å². The Morgan fingerprint density at radius 1 is 0.356 bits per heavy atom. The maximum atomic E-state index is 9.62. The second kappa shape index (κ2) is 10.4. The van der Waals surface area contributed by atoms with E-state index in [1.807, 2.05) is 84.9 Å². The molecular weight excluding hydrogens is 544 g/mol. The summed E-state index contributed by atoms with van der Waals surface area (Å²) in [5, 5.41) is 2.55. The Hall–Kier alpha value is -5.92. The van der Waals surface area contributed by atoms with E-state index < -0.39 is 0 Å². The predicted octanol–water partition coefficient (Wildman–Crippen LogP) is 12.6. The van der Waals surface area contributed by atoms with Crippen LogP contribution in [-0.4, -0.2) is 0 Å². The minimum atomic E-state index is -0.373. The van der Waals surface area contributed by atoms with Gasteiger partial charge in [0.1, 0.15) is 11.2 Å². The Morgan fingerprint density at radius 3 is 1.58 bits per heavy atom. The van der Waals surface area contributed by atoms with Crippen LogP contribution in [0.15, 0.2) is 174 Å². The van der Waals surface area contributed by atoms with Gasteiger partial charge in [-0.05, 0) is 90.2 Å². The second-order valence-corrected chi connectivity index (χ2v) is 10.8. The second-order valence-electron chi connectivity index (χ2n) is 10.8. The lowest BCUT2D eigenvalue weighted by molar-refractivity contribution is 0.669. The average molecular weight is 583 g/mol. The van der Waals surface area contributed by atoms with Crippen LogP contribution in [0.1, 0.15) is 13.7 Å². The summed E-state index contributed by atoms with van der Waals surface area (Å²) in [5.74, 6) is 0. The molecule has 45 heavy (non-hydrogen) atoms. The van der Waals surface area contributed by atoms with Crippen LogP contribution in [0.3, 0.4) is 0 Å². The lowest BCUT2D eigenvalue weighted by Gasteiger charge is -2.19. The van der Waals surface area contributed by atoms with Crippen molar-refractivity contribution in [2.24, 2.45) is 0 Å². The van der Waals surface area contributed by atoms with Crippen LogP contribution in [-0.2, 0) is 0 Å². The van der Waals surface area contributed by atoms with E-state index in [1.54, 1.807) is 24.3 Å². The molecule has 0 radical (unpaired) electrons. The Bertz CT molecular complexity index is 3030. The standard InChI is InChI=1S/C44H28O/c1-3-13-29(14-4-1)31-24-26-41-40(27-31)34-25-23-32(28-42(34)45-41)43-36-19-9-11-21-38(36)44(39-22-12-10-20-37(39)43)35-18-8-7-17-33(35)30-15-5-2-6-16-30/h1-28H/i7D,8D,17D,18D,23D,24D,25D,26D,27D,28D. The van der Waals surface area contributed by atoms with Crippen molar-refractivity contribution in [2.45, 2.75) is 0 Å². The van der Waals surface area contributed by atoms with Crippen LogP contribution in [0.5, 0.6) is 0 Å². The molecule has 0 atom stereocenters. The molecular formula is C44H28O. The highest BCUT2D eigenvalue weighted by Crippen LogP contribution is 2.46. The zero-order valence-electron chi connectivity index (χ0n) is 33.8. The van der Waals surface area contributed by atoms with Crippen molar-refractivity contribution >= 4 is 43.5 Å². The molecule has 1 heteroatoms. The van der Waals surface area contributed by atoms with Crippen LogP contribution in [0.25, 0.3) is 88.0 Å². The van der Waals surface area contributed by atoms with Gasteiger partial charge in [-0.2, -0.15) is 0 Å². The third-order valence-electron chi connectivity index (χ3n) is 8.25. The van der Waals surface area contributed by atoms with Crippen LogP contribution < -0.4 is 0 Å². The lowest BCUT2D eigenvalue weighted by Crippen LogP contribution is -1.92. The van der Waals surface area contributed by atoms with Crippen LogP contribution in [0.4, 0.5) is 0 Å². The third kappa shape index (κ3) is 4.17. The highest BCUT2D eigenvalue weighted by Gasteiger charge is 2.19. The summed E-state index contributed by atoms with van der Waals surface area (Å²) in [4.78, 5) is 0. The van der Waals surface area contributed by atoms with Crippen molar-refractivity contribution in [2.75, 3.05) is 0 Å². The lowest BCUT2D eigenvalue weighted by atomic mass is 9.84. The van der Waals surface area contributed by atoms with Gasteiger partial charge in [-0.25, -0.2) is 0 Å². The Labute approximate surface area is 275 Å². The maximum Gasteiger partial charge on any atom is 0.136 e. The molecule has 0 spiro atoms. The Morgan fingerprint density at radius 2 is 0.911 bits per heavy atom. The van der Waals surface area contributed by atoms with Gasteiger partial charge in [0.2, 0.25) is 0 Å². The first-order valence-corrected chi connectivity index (χ1v) is 14.6. The highest BCUT2D eigenvalue weighted by atomic mass is 16.3. The van der Waals surface area contributed by atoms with Crippen molar-refractivity contribution in [1.29, 1.82) is 0 Å². The molecule has 8 aromatic carbocycles. The van der Waals surface area contributed by atoms with Crippen molar-refractivity contribution in [3.05, 3.63) is 170 Å². The molecule has 0 bridgehead atoms. The molecule has 0 fully saturated rings. The molecule has 1 heterocycles. The van der Waals surface area contributed by atoms with E-state index in [0.29, 0.717) is 54.9 Å². The van der Waals surface area contributed by atoms with Crippen molar-refractivity contribution in [3.8, 4) is 44.5 Å². The fraction of sp³-hybridized carbons (Fsp3) is 0. The Balaban J connectivity index is 1.42. The average Bonchev–Trinajstić information content (AvgIpc) is 3.62. The molecule has 9 rings (SSSR count). The molecule has 1 aromatic heterocycles. The molecule has 210 valence electrons. The molecule has 0 aliphatic carbocycles. The molecule has 0 aliphatic rings. The number of hydrogen-bond acceptors (Lipinski definition) is 1. The molecule has 0 amide bonds. The molecule has 0 aliphatic heterocycles. The fourth-order valence-corrected chi connectivity index (χ4v) is 6.25. The van der Waals surface area contributed by atoms with Crippen molar-refractivity contribution < 1.29 is 18.1 Å². The van der Waals surface area contributed by atoms with Crippen molar-refractivity contribution in [1.82, 2.24) is 0 Å². The van der Waals surface area contributed by atoms with Gasteiger partial charge in [0.05, 0.1) is 13.7 Å². The van der Waals surface area contributed by atoms with E-state index >= 15 is 0 Å². The highest BCUT2D eigenvalue weighted by molar-refractivity contribution is 6.23. The summed E-state index contributed by atoms with van der Waals surface area (Å²) in [7, 11) is 0. The molecule has 0 saturated heterocycles. The van der Waals surface area contributed by atoms with Gasteiger partial charge in [0.15, 0.2) is 0 Å². The van der Waals surface area contributed by atoms with E-state index in [0.717, 1.165) is 0 Å². The van der Waals surface area contributed by atoms with Crippen LogP contribution >= 0.6 is 0 Å². The van der Waals surface area contributed by atoms with E-state index in [1.165, 1.54) is 0 Å². The van der Waals surface area contributed by atoms with Crippen LogP contribution in [0, 0.1) is 0 Å². The number of hydrogen-bond donors (Lipinski definition) is 0. The van der Waals surface area contributed by atoms with Gasteiger partial charge in [-0.3, -0.25) is 0 Å².